The van der Waals surface area contributed by atoms with Crippen LogP contribution in [0.15, 0.2) is 24.3 Å². The van der Waals surface area contributed by atoms with E-state index >= 15 is 0 Å². The van der Waals surface area contributed by atoms with Crippen LogP contribution < -0.4 is 16.0 Å². The van der Waals surface area contributed by atoms with Gasteiger partial charge in [0.2, 0.25) is 5.91 Å². The van der Waals surface area contributed by atoms with E-state index in [0.29, 0.717) is 23.7 Å². The van der Waals surface area contributed by atoms with E-state index in [1.165, 1.54) is 0 Å². The number of nitrogens with one attached hydrogen (secondary N) is 3. The fourth-order valence-electron chi connectivity index (χ4n) is 2.28. The molecule has 2 amide bonds. The van der Waals surface area contributed by atoms with Gasteiger partial charge in [0, 0.05) is 24.8 Å². The molecule has 5 heteroatoms. The molecule has 1 aliphatic rings. The van der Waals surface area contributed by atoms with Crippen LogP contribution in [0.1, 0.15) is 17.3 Å². The lowest BCUT2D eigenvalue weighted by atomic mass is 9.97. The zero-order valence-corrected chi connectivity index (χ0v) is 11.2. The summed E-state index contributed by atoms with van der Waals surface area (Å²) in [5.41, 5.74) is 1.20. The van der Waals surface area contributed by atoms with Gasteiger partial charge in [-0.05, 0) is 30.7 Å². The number of amides is 2. The summed E-state index contributed by atoms with van der Waals surface area (Å²) in [6.45, 7) is 3.64. The van der Waals surface area contributed by atoms with Gasteiger partial charge in [-0.15, -0.1) is 0 Å². The van der Waals surface area contributed by atoms with E-state index in [1.807, 2.05) is 0 Å². The molecule has 0 saturated carbocycles. The van der Waals surface area contributed by atoms with Crippen molar-refractivity contribution in [3.63, 3.8) is 0 Å². The van der Waals surface area contributed by atoms with Crippen molar-refractivity contribution in [2.75, 3.05) is 25.5 Å². The van der Waals surface area contributed by atoms with Gasteiger partial charge in [0.1, 0.15) is 0 Å². The van der Waals surface area contributed by atoms with Crippen LogP contribution in [0.2, 0.25) is 0 Å². The Kier molecular flexibility index (Phi) is 4.16. The van der Waals surface area contributed by atoms with Gasteiger partial charge in [0.15, 0.2) is 0 Å². The summed E-state index contributed by atoms with van der Waals surface area (Å²) in [6.07, 6.45) is 0. The first kappa shape index (κ1) is 13.5. The average molecular weight is 261 g/mol. The lowest BCUT2D eigenvalue weighted by Crippen LogP contribution is -2.28. The number of carbonyl (C=O) groups excluding carboxylic acids is 2. The first-order valence-electron chi connectivity index (χ1n) is 6.45. The van der Waals surface area contributed by atoms with Crippen LogP contribution in [0.3, 0.4) is 0 Å². The average Bonchev–Trinajstić information content (AvgIpc) is 2.84. The minimum atomic E-state index is -0.160. The van der Waals surface area contributed by atoms with E-state index in [9.17, 15) is 9.59 Å². The van der Waals surface area contributed by atoms with Crippen molar-refractivity contribution in [1.29, 1.82) is 0 Å². The highest BCUT2D eigenvalue weighted by atomic mass is 16.2. The van der Waals surface area contributed by atoms with Gasteiger partial charge in [-0.3, -0.25) is 9.59 Å². The normalized spacial score (nSPS) is 22.0. The second-order valence-electron chi connectivity index (χ2n) is 4.89. The molecule has 1 heterocycles. The van der Waals surface area contributed by atoms with Gasteiger partial charge in [-0.1, -0.05) is 13.0 Å². The maximum atomic E-state index is 12.1. The van der Waals surface area contributed by atoms with Gasteiger partial charge in [0.05, 0.1) is 5.92 Å². The molecule has 0 spiro atoms. The quantitative estimate of drug-likeness (QED) is 0.755. The van der Waals surface area contributed by atoms with E-state index in [2.05, 4.69) is 22.9 Å². The monoisotopic (exact) mass is 261 g/mol. The summed E-state index contributed by atoms with van der Waals surface area (Å²) >= 11 is 0. The Bertz CT molecular complexity index is 487. The van der Waals surface area contributed by atoms with Gasteiger partial charge >= 0.3 is 0 Å². The van der Waals surface area contributed by atoms with E-state index in [1.54, 1.807) is 31.3 Å². The van der Waals surface area contributed by atoms with Crippen LogP contribution in [0.5, 0.6) is 0 Å². The minimum absolute atomic E-state index is 0.00607. The molecular formula is C14H19N3O2. The topological polar surface area (TPSA) is 70.2 Å². The van der Waals surface area contributed by atoms with Crippen molar-refractivity contribution in [3.8, 4) is 0 Å². The minimum Gasteiger partial charge on any atom is -0.355 e. The number of anilines is 1. The highest BCUT2D eigenvalue weighted by Gasteiger charge is 2.29. The summed E-state index contributed by atoms with van der Waals surface area (Å²) in [7, 11) is 1.58. The molecule has 1 aromatic rings. The van der Waals surface area contributed by atoms with Gasteiger partial charge in [-0.2, -0.15) is 0 Å². The maximum Gasteiger partial charge on any atom is 0.251 e. The van der Waals surface area contributed by atoms with Crippen LogP contribution >= 0.6 is 0 Å². The van der Waals surface area contributed by atoms with E-state index < -0.39 is 0 Å². The van der Waals surface area contributed by atoms with Crippen LogP contribution in [-0.2, 0) is 4.79 Å². The first-order chi connectivity index (χ1) is 9.11. The molecule has 102 valence electrons. The molecule has 1 fully saturated rings. The highest BCUT2D eigenvalue weighted by molar-refractivity contribution is 5.97. The van der Waals surface area contributed by atoms with Gasteiger partial charge < -0.3 is 16.0 Å². The Balaban J connectivity index is 2.06. The lowest BCUT2D eigenvalue weighted by Gasteiger charge is -2.14. The van der Waals surface area contributed by atoms with Crippen LogP contribution in [0, 0.1) is 11.8 Å². The summed E-state index contributed by atoms with van der Waals surface area (Å²) < 4.78 is 0. The van der Waals surface area contributed by atoms with Crippen LogP contribution in [-0.4, -0.2) is 32.0 Å². The molecule has 0 aromatic heterocycles. The number of hydrogen-bond acceptors (Lipinski definition) is 3. The molecule has 19 heavy (non-hydrogen) atoms. The molecule has 0 radical (unpaired) electrons. The van der Waals surface area contributed by atoms with Gasteiger partial charge in [0.25, 0.3) is 5.91 Å². The predicted octanol–water partition coefficient (Wildman–Crippen LogP) is 0.840. The summed E-state index contributed by atoms with van der Waals surface area (Å²) in [5, 5.41) is 8.64. The van der Waals surface area contributed by atoms with Crippen molar-refractivity contribution < 1.29 is 9.59 Å². The van der Waals surface area contributed by atoms with E-state index in [0.717, 1.165) is 6.54 Å². The number of benzene rings is 1. The molecule has 1 aliphatic heterocycles. The SMILES string of the molecule is CNC(=O)c1cccc(NC(=O)C2CNCC2C)c1. The number of rotatable bonds is 3. The zero-order valence-electron chi connectivity index (χ0n) is 11.2. The molecule has 2 atom stereocenters. The molecule has 1 aromatic carbocycles. The van der Waals surface area contributed by atoms with Crippen molar-refractivity contribution in [1.82, 2.24) is 10.6 Å². The Morgan fingerprint density at radius 3 is 2.74 bits per heavy atom. The third-order valence-corrected chi connectivity index (χ3v) is 3.47. The molecule has 0 aliphatic carbocycles. The second kappa shape index (κ2) is 5.84. The Hall–Kier alpha value is -1.88. The first-order valence-corrected chi connectivity index (χ1v) is 6.45. The van der Waals surface area contributed by atoms with E-state index in [4.69, 9.17) is 0 Å². The summed E-state index contributed by atoms with van der Waals surface area (Å²) in [4.78, 5) is 23.7. The van der Waals surface area contributed by atoms with Crippen molar-refractivity contribution in [2.24, 2.45) is 11.8 Å². The van der Waals surface area contributed by atoms with Crippen molar-refractivity contribution in [3.05, 3.63) is 29.8 Å². The maximum absolute atomic E-state index is 12.1. The molecule has 2 unspecified atom stereocenters. The molecular weight excluding hydrogens is 242 g/mol. The van der Waals surface area contributed by atoms with Crippen molar-refractivity contribution >= 4 is 17.5 Å². The Morgan fingerprint density at radius 2 is 2.11 bits per heavy atom. The fourth-order valence-corrected chi connectivity index (χ4v) is 2.28. The molecule has 2 rings (SSSR count). The third kappa shape index (κ3) is 3.12. The molecule has 5 nitrogen and oxygen atoms in total. The second-order valence-corrected chi connectivity index (χ2v) is 4.89. The number of hydrogen-bond donors (Lipinski definition) is 3. The van der Waals surface area contributed by atoms with Crippen molar-refractivity contribution in [2.45, 2.75) is 6.92 Å². The number of carbonyl (C=O) groups is 2. The fraction of sp³-hybridized carbons (Fsp3) is 0.429. The highest BCUT2D eigenvalue weighted by Crippen LogP contribution is 2.19. The van der Waals surface area contributed by atoms with Gasteiger partial charge in [-0.25, -0.2) is 0 Å². The summed E-state index contributed by atoms with van der Waals surface area (Å²) in [5.74, 6) is 0.171. The van der Waals surface area contributed by atoms with Crippen LogP contribution in [0.4, 0.5) is 5.69 Å². The third-order valence-electron chi connectivity index (χ3n) is 3.47. The molecule has 3 N–H and O–H groups in total. The lowest BCUT2D eigenvalue weighted by molar-refractivity contribution is -0.120. The Labute approximate surface area is 112 Å². The van der Waals surface area contributed by atoms with E-state index in [-0.39, 0.29) is 17.7 Å². The molecule has 1 saturated heterocycles. The zero-order chi connectivity index (χ0) is 13.8. The largest absolute Gasteiger partial charge is 0.355 e. The predicted molar refractivity (Wildman–Crippen MR) is 74.0 cm³/mol. The molecule has 0 bridgehead atoms. The standard InChI is InChI=1S/C14H19N3O2/c1-9-7-16-8-12(9)14(19)17-11-5-3-4-10(6-11)13(18)15-2/h3-6,9,12,16H,7-8H2,1-2H3,(H,15,18)(H,17,19). The smallest absolute Gasteiger partial charge is 0.251 e. The Morgan fingerprint density at radius 1 is 1.32 bits per heavy atom. The van der Waals surface area contributed by atoms with Crippen LogP contribution in [0.25, 0.3) is 0 Å². The summed E-state index contributed by atoms with van der Waals surface area (Å²) in [6, 6.07) is 6.95.